The summed E-state index contributed by atoms with van der Waals surface area (Å²) in [5.74, 6) is 0. The van der Waals surface area contributed by atoms with E-state index in [4.69, 9.17) is 0 Å². The van der Waals surface area contributed by atoms with Gasteiger partial charge in [0, 0.05) is 52.4 Å². The number of thiophene rings is 2. The van der Waals surface area contributed by atoms with Crippen LogP contribution in [0.5, 0.6) is 0 Å². The average Bonchev–Trinajstić information content (AvgIpc) is 4.04. The van der Waals surface area contributed by atoms with E-state index in [1.165, 1.54) is 164 Å². The van der Waals surface area contributed by atoms with Crippen molar-refractivity contribution in [1.29, 1.82) is 0 Å². The quantitative estimate of drug-likeness (QED) is 0.144. The van der Waals surface area contributed by atoms with Crippen LogP contribution in [-0.4, -0.2) is 9.13 Å². The SMILES string of the molecule is Cc1cc(C)cc(-n2c3ccccc3c3cc(-c4ccc(C=Cc5ccc6c(c5)C5(c7ccccc7-c7ccccc75)c5cc(C=Cc7ccc(-c8ccc9c(c8)c8ccccc8n9-c8cc(C)cc(C)c8)s7)ccc5-6)s4)ccc32)c1. The van der Waals surface area contributed by atoms with Crippen LogP contribution in [0.4, 0.5) is 0 Å². The Hall–Kier alpha value is -9.32. The molecule has 0 radical (unpaired) electrons. The van der Waals surface area contributed by atoms with E-state index < -0.39 is 5.41 Å². The molecule has 10 aromatic carbocycles. The summed E-state index contributed by atoms with van der Waals surface area (Å²) in [6.07, 6.45) is 9.22. The standard InChI is InChI=1S/C77H54N2S2/c1-47-37-48(2)40-55(39-47)78-71-19-11-7-15-63(71)65-45-53(25-33-73(65)78)75-35-29-57(80-75)27-21-51-23-31-61-62-32-24-52(44-70(62)77(69(61)43-51)67-17-9-5-13-59(67)60-14-6-10-18-68(60)77)22-28-58-30-36-76(81-58)54-26-34-74-66(46-54)64-16-8-12-20-72(64)79(74)56-41-49(3)38-50(4)42-56/h5-46H,1-4H3. The van der Waals surface area contributed by atoms with Gasteiger partial charge in [0.15, 0.2) is 0 Å². The van der Waals surface area contributed by atoms with Gasteiger partial charge in [-0.05, 0) is 226 Å². The summed E-state index contributed by atoms with van der Waals surface area (Å²) < 4.78 is 4.85. The monoisotopic (exact) mass is 1070 g/mol. The third-order valence-electron chi connectivity index (χ3n) is 17.1. The Labute approximate surface area is 480 Å². The molecule has 4 heteroatoms. The van der Waals surface area contributed by atoms with Crippen molar-refractivity contribution in [2.75, 3.05) is 0 Å². The van der Waals surface area contributed by atoms with Crippen molar-refractivity contribution in [2.24, 2.45) is 0 Å². The maximum Gasteiger partial charge on any atom is 0.0725 e. The molecule has 0 aliphatic heterocycles. The largest absolute Gasteiger partial charge is 0.309 e. The summed E-state index contributed by atoms with van der Waals surface area (Å²) in [7, 11) is 0. The van der Waals surface area contributed by atoms with E-state index in [1.807, 2.05) is 22.7 Å². The van der Waals surface area contributed by atoms with E-state index in [1.54, 1.807) is 0 Å². The fraction of sp³-hybridized carbons (Fsp3) is 0.0649. The van der Waals surface area contributed by atoms with Gasteiger partial charge in [-0.2, -0.15) is 0 Å². The zero-order valence-electron chi connectivity index (χ0n) is 45.5. The van der Waals surface area contributed by atoms with Gasteiger partial charge in [-0.3, -0.25) is 0 Å². The van der Waals surface area contributed by atoms with E-state index in [9.17, 15) is 0 Å². The van der Waals surface area contributed by atoms with Crippen LogP contribution in [0.15, 0.2) is 231 Å². The molecule has 4 aromatic heterocycles. The smallest absolute Gasteiger partial charge is 0.0725 e. The van der Waals surface area contributed by atoms with Crippen molar-refractivity contribution < 1.29 is 0 Å². The first kappa shape index (κ1) is 47.7. The van der Waals surface area contributed by atoms with Gasteiger partial charge in [0.2, 0.25) is 0 Å². The van der Waals surface area contributed by atoms with Crippen LogP contribution in [0.3, 0.4) is 0 Å². The number of benzene rings is 10. The van der Waals surface area contributed by atoms with Crippen LogP contribution in [0, 0.1) is 27.7 Å². The summed E-state index contributed by atoms with van der Waals surface area (Å²) in [6.45, 7) is 8.74. The molecule has 81 heavy (non-hydrogen) atoms. The Kier molecular flexibility index (Phi) is 10.8. The molecule has 0 unspecified atom stereocenters. The number of rotatable bonds is 8. The molecule has 1 spiro atoms. The minimum absolute atomic E-state index is 0.461. The van der Waals surface area contributed by atoms with Gasteiger partial charge in [-0.1, -0.05) is 146 Å². The summed E-state index contributed by atoms with van der Waals surface area (Å²) in [5.41, 5.74) is 27.4. The zero-order chi connectivity index (χ0) is 54.1. The van der Waals surface area contributed by atoms with Crippen LogP contribution < -0.4 is 0 Å². The lowest BCUT2D eigenvalue weighted by Crippen LogP contribution is -2.26. The minimum Gasteiger partial charge on any atom is -0.309 e. The lowest BCUT2D eigenvalue weighted by Gasteiger charge is -2.30. The molecule has 2 nitrogen and oxygen atoms in total. The Balaban J connectivity index is 0.727. The first-order chi connectivity index (χ1) is 39.7. The van der Waals surface area contributed by atoms with Crippen LogP contribution >= 0.6 is 22.7 Å². The van der Waals surface area contributed by atoms with Crippen LogP contribution in [0.1, 0.15) is 65.4 Å². The van der Waals surface area contributed by atoms with Crippen molar-refractivity contribution in [2.45, 2.75) is 33.1 Å². The van der Waals surface area contributed by atoms with Crippen molar-refractivity contribution in [3.05, 3.63) is 296 Å². The molecular weight excluding hydrogens is 1020 g/mol. The van der Waals surface area contributed by atoms with Gasteiger partial charge < -0.3 is 9.13 Å². The second-order valence-electron chi connectivity index (χ2n) is 22.4. The molecule has 0 N–H and O–H groups in total. The second-order valence-corrected chi connectivity index (χ2v) is 24.6. The molecule has 14 aromatic rings. The molecule has 2 aliphatic rings. The Bertz CT molecular complexity index is 4650. The highest BCUT2D eigenvalue weighted by Gasteiger charge is 2.51. The lowest BCUT2D eigenvalue weighted by molar-refractivity contribution is 0.793. The molecule has 2 aliphatic carbocycles. The van der Waals surface area contributed by atoms with Crippen LogP contribution in [-0.2, 0) is 5.41 Å². The highest BCUT2D eigenvalue weighted by atomic mass is 32.1. The highest BCUT2D eigenvalue weighted by molar-refractivity contribution is 7.16. The zero-order valence-corrected chi connectivity index (χ0v) is 47.1. The van der Waals surface area contributed by atoms with Gasteiger partial charge in [-0.15, -0.1) is 22.7 Å². The normalized spacial score (nSPS) is 13.2. The Morgan fingerprint density at radius 2 is 0.704 bits per heavy atom. The lowest BCUT2D eigenvalue weighted by atomic mass is 9.70. The van der Waals surface area contributed by atoms with Crippen molar-refractivity contribution in [3.63, 3.8) is 0 Å². The Morgan fingerprint density at radius 1 is 0.309 bits per heavy atom. The molecule has 0 amide bonds. The maximum absolute atomic E-state index is 2.47. The number of hydrogen-bond donors (Lipinski definition) is 0. The first-order valence-electron chi connectivity index (χ1n) is 28.0. The predicted octanol–water partition coefficient (Wildman–Crippen LogP) is 21.3. The number of fused-ring (bicyclic) bond motifs is 16. The van der Waals surface area contributed by atoms with Crippen molar-refractivity contribution in [3.8, 4) is 54.5 Å². The van der Waals surface area contributed by atoms with Crippen molar-refractivity contribution in [1.82, 2.24) is 9.13 Å². The van der Waals surface area contributed by atoms with E-state index in [0.29, 0.717) is 0 Å². The molecule has 0 atom stereocenters. The van der Waals surface area contributed by atoms with Gasteiger partial charge in [0.1, 0.15) is 0 Å². The van der Waals surface area contributed by atoms with E-state index in [-0.39, 0.29) is 0 Å². The van der Waals surface area contributed by atoms with E-state index >= 15 is 0 Å². The minimum atomic E-state index is -0.461. The summed E-state index contributed by atoms with van der Waals surface area (Å²) in [5, 5.41) is 5.09. The molecule has 4 heterocycles. The summed E-state index contributed by atoms with van der Waals surface area (Å²) in [4.78, 5) is 4.98. The summed E-state index contributed by atoms with van der Waals surface area (Å²) >= 11 is 3.69. The highest BCUT2D eigenvalue weighted by Crippen LogP contribution is 2.63. The number of hydrogen-bond acceptors (Lipinski definition) is 2. The third-order valence-corrected chi connectivity index (χ3v) is 19.3. The van der Waals surface area contributed by atoms with E-state index in [0.717, 1.165) is 0 Å². The van der Waals surface area contributed by atoms with Gasteiger partial charge in [0.25, 0.3) is 0 Å². The number of nitrogens with zero attached hydrogens (tertiary/aromatic N) is 2. The molecule has 0 saturated carbocycles. The van der Waals surface area contributed by atoms with Crippen LogP contribution in [0.2, 0.25) is 0 Å². The number of para-hydroxylation sites is 2. The maximum atomic E-state index is 2.47. The second kappa shape index (κ2) is 18.4. The topological polar surface area (TPSA) is 9.86 Å². The summed E-state index contributed by atoms with van der Waals surface area (Å²) in [6, 6.07) is 86.9. The van der Waals surface area contributed by atoms with Crippen molar-refractivity contribution >= 4 is 90.6 Å². The fourth-order valence-electron chi connectivity index (χ4n) is 13.9. The third kappa shape index (κ3) is 7.51. The number of aryl methyl sites for hydroxylation is 4. The molecule has 0 saturated heterocycles. The molecule has 16 rings (SSSR count). The fourth-order valence-corrected chi connectivity index (χ4v) is 15.7. The molecule has 0 fully saturated rings. The molecule has 0 bridgehead atoms. The van der Waals surface area contributed by atoms with Gasteiger partial charge in [-0.25, -0.2) is 0 Å². The van der Waals surface area contributed by atoms with E-state index in [2.05, 4.69) is 292 Å². The van der Waals surface area contributed by atoms with Gasteiger partial charge in [0.05, 0.1) is 27.5 Å². The number of aromatic nitrogens is 2. The first-order valence-corrected chi connectivity index (χ1v) is 29.7. The Morgan fingerprint density at radius 3 is 1.16 bits per heavy atom. The average molecular weight is 1070 g/mol. The molecule has 384 valence electrons. The van der Waals surface area contributed by atoms with Crippen LogP contribution in [0.25, 0.3) is 122 Å². The molecular formula is C77H54N2S2. The van der Waals surface area contributed by atoms with Gasteiger partial charge >= 0.3 is 0 Å². The predicted molar refractivity (Wildman–Crippen MR) is 348 cm³/mol.